The van der Waals surface area contributed by atoms with Gasteiger partial charge in [0.25, 0.3) is 0 Å². The smallest absolute Gasteiger partial charge is 0.319 e. The molecule has 0 unspecified atom stereocenters. The molecular formula is C33H44N2O4. The van der Waals surface area contributed by atoms with Gasteiger partial charge in [-0.1, -0.05) is 46.3 Å². The minimum atomic E-state index is -0.469. The molecule has 6 heteroatoms. The molecule has 0 aromatic carbocycles. The number of fused-ring (bicyclic) bond motifs is 8. The number of nitrogens with zero attached hydrogens (tertiary/aromatic N) is 1. The lowest BCUT2D eigenvalue weighted by atomic mass is 9.34. The van der Waals surface area contributed by atoms with Crippen LogP contribution in [-0.4, -0.2) is 30.7 Å². The van der Waals surface area contributed by atoms with Gasteiger partial charge in [0.15, 0.2) is 11.6 Å². The van der Waals surface area contributed by atoms with Crippen molar-refractivity contribution in [1.29, 1.82) is 5.26 Å². The molecule has 0 aromatic rings. The monoisotopic (exact) mass is 532 g/mol. The standard InChI is InChI=1S/C33H44N2O4/c1-28(2)8-10-32(19-39-25(37)18-35)11-9-31(5)26(21(32)16-28)22(36)14-24-29(3)15-20(17-34)27(38)33(12-13-33)23(29)6-7-30(24,31)4/h14-15,21,23,26H,6-13,16,18-19,35H2,1-5H3/t21-,23+,26-,29-,30+,31+,32+/m0/s1. The van der Waals surface area contributed by atoms with Crippen LogP contribution < -0.4 is 5.73 Å². The summed E-state index contributed by atoms with van der Waals surface area (Å²) in [6.07, 6.45) is 12.3. The lowest BCUT2D eigenvalue weighted by Crippen LogP contribution is -2.65. The van der Waals surface area contributed by atoms with Crippen molar-refractivity contribution in [1.82, 2.24) is 0 Å². The van der Waals surface area contributed by atoms with E-state index >= 15 is 0 Å². The molecule has 0 aliphatic heterocycles. The van der Waals surface area contributed by atoms with Gasteiger partial charge in [0, 0.05) is 22.2 Å². The lowest BCUT2D eigenvalue weighted by molar-refractivity contribution is -0.183. The molecule has 6 rings (SSSR count). The van der Waals surface area contributed by atoms with Crippen LogP contribution in [0.1, 0.15) is 92.4 Å². The molecule has 4 saturated carbocycles. The van der Waals surface area contributed by atoms with E-state index in [-0.39, 0.29) is 69.1 Å². The fourth-order valence-corrected chi connectivity index (χ4v) is 10.6. The Morgan fingerprint density at radius 3 is 2.38 bits per heavy atom. The fraction of sp³-hybridized carbons (Fsp3) is 0.758. The number of nitrogens with two attached hydrogens (primary N) is 1. The number of hydrogen-bond donors (Lipinski definition) is 1. The van der Waals surface area contributed by atoms with E-state index < -0.39 is 10.8 Å². The van der Waals surface area contributed by atoms with E-state index in [4.69, 9.17) is 10.5 Å². The van der Waals surface area contributed by atoms with E-state index in [0.29, 0.717) is 6.61 Å². The maximum atomic E-state index is 14.5. The van der Waals surface area contributed by atoms with Crippen molar-refractivity contribution in [3.05, 3.63) is 23.3 Å². The largest absolute Gasteiger partial charge is 0.464 e. The lowest BCUT2D eigenvalue weighted by Gasteiger charge is -2.68. The van der Waals surface area contributed by atoms with Gasteiger partial charge in [-0.15, -0.1) is 0 Å². The Morgan fingerprint density at radius 2 is 1.74 bits per heavy atom. The van der Waals surface area contributed by atoms with Crippen LogP contribution in [0, 0.1) is 61.6 Å². The van der Waals surface area contributed by atoms with Crippen molar-refractivity contribution < 1.29 is 19.1 Å². The number of ether oxygens (including phenoxy) is 1. The zero-order chi connectivity index (χ0) is 28.2. The first-order valence-corrected chi connectivity index (χ1v) is 15.0. The second kappa shape index (κ2) is 8.15. The van der Waals surface area contributed by atoms with Gasteiger partial charge in [0.1, 0.15) is 6.07 Å². The number of carbonyl (C=O) groups is 3. The average molecular weight is 533 g/mol. The minimum Gasteiger partial charge on any atom is -0.464 e. The van der Waals surface area contributed by atoms with Crippen molar-refractivity contribution in [3.63, 3.8) is 0 Å². The molecule has 0 aromatic heterocycles. The molecule has 0 bridgehead atoms. The molecule has 4 fully saturated rings. The third-order valence-corrected chi connectivity index (χ3v) is 13.2. The number of ketones is 2. The van der Waals surface area contributed by atoms with Crippen LogP contribution in [0.3, 0.4) is 0 Å². The average Bonchev–Trinajstić information content (AvgIpc) is 3.68. The highest BCUT2D eigenvalue weighted by Crippen LogP contribution is 2.76. The first kappa shape index (κ1) is 26.9. The normalized spacial score (nSPS) is 45.0. The van der Waals surface area contributed by atoms with Crippen LogP contribution in [0.25, 0.3) is 0 Å². The molecule has 0 heterocycles. The van der Waals surface area contributed by atoms with Gasteiger partial charge >= 0.3 is 5.97 Å². The van der Waals surface area contributed by atoms with Crippen LogP contribution in [0.2, 0.25) is 0 Å². The highest BCUT2D eigenvalue weighted by atomic mass is 16.5. The predicted octanol–water partition coefficient (Wildman–Crippen LogP) is 5.46. The van der Waals surface area contributed by atoms with Crippen molar-refractivity contribution in [2.75, 3.05) is 13.2 Å². The molecule has 0 amide bonds. The summed E-state index contributed by atoms with van der Waals surface area (Å²) in [6, 6.07) is 2.22. The van der Waals surface area contributed by atoms with Crippen molar-refractivity contribution in [3.8, 4) is 6.07 Å². The summed E-state index contributed by atoms with van der Waals surface area (Å²) >= 11 is 0. The second-order valence-electron chi connectivity index (χ2n) is 15.4. The number of nitriles is 1. The first-order chi connectivity index (χ1) is 18.2. The van der Waals surface area contributed by atoms with Crippen LogP contribution in [0.15, 0.2) is 23.3 Å². The molecule has 39 heavy (non-hydrogen) atoms. The molecular weight excluding hydrogens is 488 g/mol. The number of hydrogen-bond acceptors (Lipinski definition) is 6. The Hall–Kier alpha value is -2.26. The van der Waals surface area contributed by atoms with Gasteiger partial charge in [-0.3, -0.25) is 14.4 Å². The Kier molecular flexibility index (Phi) is 5.63. The number of esters is 1. The van der Waals surface area contributed by atoms with Crippen molar-refractivity contribution in [2.24, 2.45) is 56.0 Å². The molecule has 1 spiro atoms. The van der Waals surface area contributed by atoms with E-state index in [1.165, 1.54) is 0 Å². The van der Waals surface area contributed by atoms with Crippen LogP contribution in [-0.2, 0) is 19.1 Å². The summed E-state index contributed by atoms with van der Waals surface area (Å²) in [4.78, 5) is 39.9. The van der Waals surface area contributed by atoms with Gasteiger partial charge in [-0.25, -0.2) is 0 Å². The SMILES string of the molecule is CC1(C)CC[C@]2(COC(=O)CN)CC[C@]3(C)[C@H](C(=O)C=C4[C@@]5(C)C=C(C#N)C(=O)C6(CC6)[C@@H]5CC[C@]43C)[C@@H]2C1. The topological polar surface area (TPSA) is 110 Å². The second-order valence-corrected chi connectivity index (χ2v) is 15.4. The van der Waals surface area contributed by atoms with Crippen LogP contribution in [0.5, 0.6) is 0 Å². The predicted molar refractivity (Wildman–Crippen MR) is 147 cm³/mol. The van der Waals surface area contributed by atoms with Gasteiger partial charge in [-0.2, -0.15) is 5.26 Å². The number of Topliss-reactive ketones (excluding diaryl/α,β-unsaturated/α-hetero) is 1. The summed E-state index contributed by atoms with van der Waals surface area (Å²) in [5, 5.41) is 9.92. The number of carbonyl (C=O) groups excluding carboxylic acids is 3. The molecule has 2 N–H and O–H groups in total. The molecule has 7 atom stereocenters. The maximum Gasteiger partial charge on any atom is 0.319 e. The van der Waals surface area contributed by atoms with E-state index in [2.05, 4.69) is 40.7 Å². The highest BCUT2D eigenvalue weighted by molar-refractivity contribution is 6.06. The molecule has 6 nitrogen and oxygen atoms in total. The first-order valence-electron chi connectivity index (χ1n) is 15.0. The van der Waals surface area contributed by atoms with Gasteiger partial charge < -0.3 is 10.5 Å². The number of allylic oxidation sites excluding steroid dienone is 4. The Balaban J connectivity index is 1.47. The molecule has 6 aliphatic carbocycles. The zero-order valence-electron chi connectivity index (χ0n) is 24.3. The highest BCUT2D eigenvalue weighted by Gasteiger charge is 2.72. The van der Waals surface area contributed by atoms with E-state index in [1.54, 1.807) is 0 Å². The third kappa shape index (κ3) is 3.38. The Morgan fingerprint density at radius 1 is 1.05 bits per heavy atom. The van der Waals surface area contributed by atoms with Crippen molar-refractivity contribution in [2.45, 2.75) is 92.4 Å². The minimum absolute atomic E-state index is 0.0295. The van der Waals surface area contributed by atoms with E-state index in [0.717, 1.165) is 63.4 Å². The van der Waals surface area contributed by atoms with Gasteiger partial charge in [0.2, 0.25) is 0 Å². The maximum absolute atomic E-state index is 14.5. The number of rotatable bonds is 3. The van der Waals surface area contributed by atoms with E-state index in [9.17, 15) is 19.6 Å². The van der Waals surface area contributed by atoms with Crippen molar-refractivity contribution >= 4 is 17.5 Å². The molecule has 0 radical (unpaired) electrons. The summed E-state index contributed by atoms with van der Waals surface area (Å²) in [7, 11) is 0. The molecule has 6 aliphatic rings. The fourth-order valence-electron chi connectivity index (χ4n) is 10.6. The molecule has 0 saturated heterocycles. The van der Waals surface area contributed by atoms with Crippen LogP contribution >= 0.6 is 0 Å². The zero-order valence-corrected chi connectivity index (χ0v) is 24.3. The summed E-state index contributed by atoms with van der Waals surface area (Å²) in [5.74, 6) is -0.0207. The van der Waals surface area contributed by atoms with Gasteiger partial charge in [0.05, 0.1) is 18.7 Å². The Labute approximate surface area is 232 Å². The molecule has 210 valence electrons. The Bertz CT molecular complexity index is 1270. The van der Waals surface area contributed by atoms with Gasteiger partial charge in [-0.05, 0) is 91.9 Å². The summed E-state index contributed by atoms with van der Waals surface area (Å²) in [5.41, 5.74) is 5.57. The van der Waals surface area contributed by atoms with Crippen LogP contribution in [0.4, 0.5) is 0 Å². The quantitative estimate of drug-likeness (QED) is 0.483. The summed E-state index contributed by atoms with van der Waals surface area (Å²) < 4.78 is 5.73. The summed E-state index contributed by atoms with van der Waals surface area (Å²) in [6.45, 7) is 11.7. The van der Waals surface area contributed by atoms with E-state index in [1.807, 2.05) is 12.2 Å². The third-order valence-electron chi connectivity index (χ3n) is 13.2.